The Morgan fingerprint density at radius 1 is 1.20 bits per heavy atom. The second-order valence-corrected chi connectivity index (χ2v) is 5.61. The van der Waals surface area contributed by atoms with Crippen LogP contribution in [0.15, 0.2) is 42.5 Å². The molecule has 2 aromatic rings. The van der Waals surface area contributed by atoms with E-state index in [4.69, 9.17) is 0 Å². The summed E-state index contributed by atoms with van der Waals surface area (Å²) in [6.07, 6.45) is 3.45. The molecule has 104 valence electrons. The van der Waals surface area contributed by atoms with Gasteiger partial charge in [-0.05, 0) is 53.6 Å². The Balaban J connectivity index is 2.04. The molecule has 2 aromatic carbocycles. The Hall–Kier alpha value is -1.67. The molecule has 0 amide bonds. The highest BCUT2D eigenvalue weighted by Gasteiger charge is 2.38. The van der Waals surface area contributed by atoms with Crippen molar-refractivity contribution in [2.45, 2.75) is 38.2 Å². The van der Waals surface area contributed by atoms with Gasteiger partial charge in [-0.2, -0.15) is 0 Å². The van der Waals surface area contributed by atoms with E-state index in [0.29, 0.717) is 6.42 Å². The molecule has 0 radical (unpaired) electrons. The highest BCUT2D eigenvalue weighted by Crippen LogP contribution is 2.42. The third-order valence-electron chi connectivity index (χ3n) is 4.21. The van der Waals surface area contributed by atoms with E-state index in [2.05, 4.69) is 19.1 Å². The molecule has 20 heavy (non-hydrogen) atoms. The predicted molar refractivity (Wildman–Crippen MR) is 78.2 cm³/mol. The Morgan fingerprint density at radius 3 is 2.85 bits per heavy atom. The average Bonchev–Trinajstić information content (AvgIpc) is 2.78. The van der Waals surface area contributed by atoms with Gasteiger partial charge in [0.15, 0.2) is 0 Å². The molecule has 3 rings (SSSR count). The summed E-state index contributed by atoms with van der Waals surface area (Å²) in [6, 6.07) is 12.9. The first kappa shape index (κ1) is 13.3. The fourth-order valence-electron chi connectivity index (χ4n) is 3.20. The van der Waals surface area contributed by atoms with E-state index in [9.17, 15) is 9.50 Å². The van der Waals surface area contributed by atoms with Crippen molar-refractivity contribution in [1.29, 1.82) is 0 Å². The zero-order valence-corrected chi connectivity index (χ0v) is 11.7. The van der Waals surface area contributed by atoms with Crippen molar-refractivity contribution in [2.75, 3.05) is 0 Å². The van der Waals surface area contributed by atoms with Crippen molar-refractivity contribution < 1.29 is 9.50 Å². The van der Waals surface area contributed by atoms with Gasteiger partial charge in [-0.3, -0.25) is 0 Å². The SMILES string of the molecule is CCCc1cccc(C2(O)CCc3cc(F)ccc32)c1. The van der Waals surface area contributed by atoms with Crippen molar-refractivity contribution in [3.05, 3.63) is 70.5 Å². The maximum atomic E-state index is 13.3. The Labute approximate surface area is 119 Å². The summed E-state index contributed by atoms with van der Waals surface area (Å²) >= 11 is 0. The molecule has 0 aliphatic heterocycles. The molecule has 2 heteroatoms. The molecule has 1 unspecified atom stereocenters. The molecular weight excluding hydrogens is 251 g/mol. The monoisotopic (exact) mass is 270 g/mol. The van der Waals surface area contributed by atoms with Crippen molar-refractivity contribution in [1.82, 2.24) is 0 Å². The van der Waals surface area contributed by atoms with Gasteiger partial charge in [0, 0.05) is 0 Å². The van der Waals surface area contributed by atoms with Crippen LogP contribution in [-0.4, -0.2) is 5.11 Å². The lowest BCUT2D eigenvalue weighted by molar-refractivity contribution is 0.0828. The molecule has 0 aromatic heterocycles. The van der Waals surface area contributed by atoms with Gasteiger partial charge in [0.2, 0.25) is 0 Å². The molecule has 1 atom stereocenters. The minimum absolute atomic E-state index is 0.229. The molecule has 0 bridgehead atoms. The number of hydrogen-bond acceptors (Lipinski definition) is 1. The van der Waals surface area contributed by atoms with Gasteiger partial charge in [-0.15, -0.1) is 0 Å². The summed E-state index contributed by atoms with van der Waals surface area (Å²) < 4.78 is 13.3. The summed E-state index contributed by atoms with van der Waals surface area (Å²) in [4.78, 5) is 0. The van der Waals surface area contributed by atoms with Crippen LogP contribution in [0.2, 0.25) is 0 Å². The Morgan fingerprint density at radius 2 is 2.05 bits per heavy atom. The molecule has 1 N–H and O–H groups in total. The van der Waals surface area contributed by atoms with Gasteiger partial charge in [0.1, 0.15) is 11.4 Å². The highest BCUT2D eigenvalue weighted by atomic mass is 19.1. The number of fused-ring (bicyclic) bond motifs is 1. The van der Waals surface area contributed by atoms with Gasteiger partial charge in [0.25, 0.3) is 0 Å². The van der Waals surface area contributed by atoms with Gasteiger partial charge in [0.05, 0.1) is 0 Å². The molecule has 1 aliphatic rings. The highest BCUT2D eigenvalue weighted by molar-refractivity contribution is 5.46. The van der Waals surface area contributed by atoms with Gasteiger partial charge in [-0.25, -0.2) is 4.39 Å². The van der Waals surface area contributed by atoms with Crippen molar-refractivity contribution in [3.63, 3.8) is 0 Å². The third-order valence-corrected chi connectivity index (χ3v) is 4.21. The molecule has 1 aliphatic carbocycles. The predicted octanol–water partition coefficient (Wildman–Crippen LogP) is 3.96. The van der Waals surface area contributed by atoms with Crippen molar-refractivity contribution in [2.24, 2.45) is 0 Å². The molecule has 0 heterocycles. The van der Waals surface area contributed by atoms with Crippen LogP contribution in [0.4, 0.5) is 4.39 Å². The van der Waals surface area contributed by atoms with E-state index in [1.165, 1.54) is 11.6 Å². The van der Waals surface area contributed by atoms with E-state index in [1.807, 2.05) is 12.1 Å². The molecule has 0 saturated heterocycles. The largest absolute Gasteiger partial charge is 0.380 e. The van der Waals surface area contributed by atoms with Crippen molar-refractivity contribution in [3.8, 4) is 0 Å². The molecule has 1 nitrogen and oxygen atoms in total. The summed E-state index contributed by atoms with van der Waals surface area (Å²) in [5.74, 6) is -0.229. The topological polar surface area (TPSA) is 20.2 Å². The first-order valence-electron chi connectivity index (χ1n) is 7.24. The number of hydrogen-bond donors (Lipinski definition) is 1. The van der Waals surface area contributed by atoms with E-state index < -0.39 is 5.60 Å². The van der Waals surface area contributed by atoms with E-state index >= 15 is 0 Å². The average molecular weight is 270 g/mol. The van der Waals surface area contributed by atoms with E-state index in [1.54, 1.807) is 12.1 Å². The summed E-state index contributed by atoms with van der Waals surface area (Å²) in [6.45, 7) is 2.15. The first-order valence-corrected chi connectivity index (χ1v) is 7.24. The minimum atomic E-state index is -0.965. The number of aryl methyl sites for hydroxylation is 2. The lowest BCUT2D eigenvalue weighted by Gasteiger charge is -2.25. The van der Waals surface area contributed by atoms with Crippen LogP contribution in [0.3, 0.4) is 0 Å². The third kappa shape index (κ3) is 2.14. The normalized spacial score (nSPS) is 20.9. The van der Waals surface area contributed by atoms with Gasteiger partial charge < -0.3 is 5.11 Å². The number of aliphatic hydroxyl groups is 1. The van der Waals surface area contributed by atoms with Crippen LogP contribution in [-0.2, 0) is 18.4 Å². The zero-order valence-electron chi connectivity index (χ0n) is 11.7. The molecule has 0 fully saturated rings. The number of rotatable bonds is 3. The Kier molecular flexibility index (Phi) is 3.35. The van der Waals surface area contributed by atoms with Gasteiger partial charge >= 0.3 is 0 Å². The van der Waals surface area contributed by atoms with Crippen LogP contribution in [0.1, 0.15) is 42.0 Å². The Bertz CT molecular complexity index is 635. The number of benzene rings is 2. The van der Waals surface area contributed by atoms with Crippen LogP contribution < -0.4 is 0 Å². The fourth-order valence-corrected chi connectivity index (χ4v) is 3.20. The van der Waals surface area contributed by atoms with Crippen LogP contribution in [0, 0.1) is 5.82 Å². The maximum Gasteiger partial charge on any atom is 0.123 e. The van der Waals surface area contributed by atoms with Crippen LogP contribution >= 0.6 is 0 Å². The second kappa shape index (κ2) is 5.02. The quantitative estimate of drug-likeness (QED) is 0.895. The second-order valence-electron chi connectivity index (χ2n) is 5.61. The lowest BCUT2D eigenvalue weighted by Crippen LogP contribution is -2.24. The minimum Gasteiger partial charge on any atom is -0.380 e. The lowest BCUT2D eigenvalue weighted by atomic mass is 9.86. The zero-order chi connectivity index (χ0) is 14.2. The van der Waals surface area contributed by atoms with Crippen LogP contribution in [0.25, 0.3) is 0 Å². The van der Waals surface area contributed by atoms with E-state index in [-0.39, 0.29) is 5.82 Å². The summed E-state index contributed by atoms with van der Waals surface area (Å²) in [7, 11) is 0. The standard InChI is InChI=1S/C18H19FO/c1-2-4-13-5-3-6-15(11-13)18(20)10-9-14-12-16(19)7-8-17(14)18/h3,5-8,11-12,20H,2,4,9-10H2,1H3. The van der Waals surface area contributed by atoms with Crippen LogP contribution in [0.5, 0.6) is 0 Å². The maximum absolute atomic E-state index is 13.3. The van der Waals surface area contributed by atoms with Gasteiger partial charge in [-0.1, -0.05) is 43.7 Å². The smallest absolute Gasteiger partial charge is 0.123 e. The van der Waals surface area contributed by atoms with E-state index in [0.717, 1.165) is 36.0 Å². The number of halogens is 1. The molecule has 0 spiro atoms. The first-order chi connectivity index (χ1) is 9.63. The summed E-state index contributed by atoms with van der Waals surface area (Å²) in [5.41, 5.74) is 2.98. The molecule has 0 saturated carbocycles. The summed E-state index contributed by atoms with van der Waals surface area (Å²) in [5, 5.41) is 11.1. The van der Waals surface area contributed by atoms with Crippen molar-refractivity contribution >= 4 is 0 Å². The molecular formula is C18H19FO. The fraction of sp³-hybridized carbons (Fsp3) is 0.333.